The van der Waals surface area contributed by atoms with E-state index in [0.29, 0.717) is 18.7 Å². The molecule has 6 heteroatoms. The summed E-state index contributed by atoms with van der Waals surface area (Å²) in [4.78, 5) is 25.8. The van der Waals surface area contributed by atoms with Gasteiger partial charge in [0.1, 0.15) is 11.9 Å². The van der Waals surface area contributed by atoms with Gasteiger partial charge in [-0.3, -0.25) is 9.59 Å². The van der Waals surface area contributed by atoms with Crippen molar-refractivity contribution in [2.75, 3.05) is 5.75 Å². The van der Waals surface area contributed by atoms with Crippen molar-refractivity contribution >= 4 is 23.6 Å². The van der Waals surface area contributed by atoms with E-state index in [9.17, 15) is 14.0 Å². The monoisotopic (exact) mass is 308 g/mol. The fourth-order valence-electron chi connectivity index (χ4n) is 2.92. The van der Waals surface area contributed by atoms with E-state index in [1.807, 2.05) is 6.92 Å². The SMILES string of the molecule is C[C@]12CCC(=O)N1[C@@H](C(=O)NCc1ccc(F)cc1)CS2. The molecule has 0 bridgehead atoms. The number of carbonyl (C=O) groups is 2. The maximum absolute atomic E-state index is 12.8. The van der Waals surface area contributed by atoms with Crippen LogP contribution in [0.1, 0.15) is 25.3 Å². The molecule has 3 rings (SSSR count). The maximum Gasteiger partial charge on any atom is 0.243 e. The average molecular weight is 308 g/mol. The van der Waals surface area contributed by atoms with Crippen LogP contribution in [-0.2, 0) is 16.1 Å². The van der Waals surface area contributed by atoms with Crippen molar-refractivity contribution in [3.63, 3.8) is 0 Å². The third-order valence-corrected chi connectivity index (χ3v) is 5.63. The van der Waals surface area contributed by atoms with Crippen LogP contribution in [0, 0.1) is 5.82 Å². The summed E-state index contributed by atoms with van der Waals surface area (Å²) in [5, 5.41) is 2.84. The second kappa shape index (κ2) is 5.33. The van der Waals surface area contributed by atoms with Gasteiger partial charge in [-0.2, -0.15) is 0 Å². The van der Waals surface area contributed by atoms with Crippen molar-refractivity contribution in [2.45, 2.75) is 37.2 Å². The minimum absolute atomic E-state index is 0.0597. The molecule has 0 aromatic heterocycles. The second-order valence-electron chi connectivity index (χ2n) is 5.61. The number of nitrogens with one attached hydrogen (secondary N) is 1. The van der Waals surface area contributed by atoms with Crippen LogP contribution in [0.25, 0.3) is 0 Å². The fourth-order valence-corrected chi connectivity index (χ4v) is 4.36. The zero-order chi connectivity index (χ0) is 15.0. The molecule has 0 saturated carbocycles. The predicted octanol–water partition coefficient (Wildman–Crippen LogP) is 1.90. The summed E-state index contributed by atoms with van der Waals surface area (Å²) in [7, 11) is 0. The van der Waals surface area contributed by atoms with Gasteiger partial charge in [0.15, 0.2) is 0 Å². The number of nitrogens with zero attached hydrogens (tertiary/aromatic N) is 1. The average Bonchev–Trinajstić information content (AvgIpc) is 2.95. The van der Waals surface area contributed by atoms with Gasteiger partial charge >= 0.3 is 0 Å². The van der Waals surface area contributed by atoms with Gasteiger partial charge in [0.2, 0.25) is 11.8 Å². The Bertz CT molecular complexity index is 578. The van der Waals surface area contributed by atoms with Crippen LogP contribution in [-0.4, -0.2) is 33.4 Å². The summed E-state index contributed by atoms with van der Waals surface area (Å²) < 4.78 is 12.8. The number of hydrogen-bond acceptors (Lipinski definition) is 3. The largest absolute Gasteiger partial charge is 0.350 e. The van der Waals surface area contributed by atoms with E-state index in [-0.39, 0.29) is 22.5 Å². The van der Waals surface area contributed by atoms with Crippen LogP contribution in [0.2, 0.25) is 0 Å². The van der Waals surface area contributed by atoms with E-state index in [1.165, 1.54) is 12.1 Å². The summed E-state index contributed by atoms with van der Waals surface area (Å²) in [6.45, 7) is 2.37. The van der Waals surface area contributed by atoms with Gasteiger partial charge in [0.05, 0.1) is 4.87 Å². The van der Waals surface area contributed by atoms with Crippen molar-refractivity contribution in [2.24, 2.45) is 0 Å². The topological polar surface area (TPSA) is 49.4 Å². The molecular weight excluding hydrogens is 291 g/mol. The number of thioether (sulfide) groups is 1. The summed E-state index contributed by atoms with van der Waals surface area (Å²) in [6, 6.07) is 5.63. The van der Waals surface area contributed by atoms with Gasteiger partial charge in [-0.15, -0.1) is 11.8 Å². The first-order valence-electron chi connectivity index (χ1n) is 6.98. The zero-order valence-corrected chi connectivity index (χ0v) is 12.6. The summed E-state index contributed by atoms with van der Waals surface area (Å²) in [5.41, 5.74) is 0.839. The Balaban J connectivity index is 1.63. The van der Waals surface area contributed by atoms with Crippen molar-refractivity contribution in [1.29, 1.82) is 0 Å². The van der Waals surface area contributed by atoms with Gasteiger partial charge in [0.25, 0.3) is 0 Å². The van der Waals surface area contributed by atoms with Crippen molar-refractivity contribution in [1.82, 2.24) is 10.2 Å². The van der Waals surface area contributed by atoms with Crippen LogP contribution < -0.4 is 5.32 Å². The van der Waals surface area contributed by atoms with Gasteiger partial charge in [-0.25, -0.2) is 4.39 Å². The summed E-state index contributed by atoms with van der Waals surface area (Å²) in [6.07, 6.45) is 1.32. The first kappa shape index (κ1) is 14.4. The zero-order valence-electron chi connectivity index (χ0n) is 11.8. The minimum Gasteiger partial charge on any atom is -0.350 e. The second-order valence-corrected chi connectivity index (χ2v) is 7.11. The van der Waals surface area contributed by atoms with Gasteiger partial charge in [0, 0.05) is 18.7 Å². The van der Waals surface area contributed by atoms with E-state index in [2.05, 4.69) is 5.32 Å². The molecule has 2 aliphatic heterocycles. The standard InChI is InChI=1S/C15H17FN2O2S/c1-15-7-6-13(19)18(15)12(9-21-15)14(20)17-8-10-2-4-11(16)5-3-10/h2-5,12H,6-9H2,1H3,(H,17,20)/t12-,15+/m1/s1. The van der Waals surface area contributed by atoms with Crippen LogP contribution in [0.5, 0.6) is 0 Å². The Morgan fingerprint density at radius 3 is 2.90 bits per heavy atom. The molecule has 2 saturated heterocycles. The van der Waals surface area contributed by atoms with Crippen LogP contribution in [0.15, 0.2) is 24.3 Å². The molecule has 0 aliphatic carbocycles. The number of amides is 2. The highest BCUT2D eigenvalue weighted by molar-refractivity contribution is 8.01. The van der Waals surface area contributed by atoms with Crippen LogP contribution in [0.4, 0.5) is 4.39 Å². The fraction of sp³-hybridized carbons (Fsp3) is 0.467. The molecule has 2 atom stereocenters. The van der Waals surface area contributed by atoms with Gasteiger partial charge in [-0.05, 0) is 31.0 Å². The molecule has 2 heterocycles. The molecule has 4 nitrogen and oxygen atoms in total. The van der Waals surface area contributed by atoms with E-state index in [1.54, 1.807) is 28.8 Å². The highest BCUT2D eigenvalue weighted by Crippen LogP contribution is 2.47. The first-order valence-corrected chi connectivity index (χ1v) is 7.96. The number of carbonyl (C=O) groups excluding carboxylic acids is 2. The maximum atomic E-state index is 12.8. The highest BCUT2D eigenvalue weighted by atomic mass is 32.2. The lowest BCUT2D eigenvalue weighted by Gasteiger charge is -2.29. The normalized spacial score (nSPS) is 27.8. The molecule has 0 radical (unpaired) electrons. The molecule has 2 fully saturated rings. The van der Waals surface area contributed by atoms with E-state index >= 15 is 0 Å². The summed E-state index contributed by atoms with van der Waals surface area (Å²) in [5.74, 6) is 0.267. The smallest absolute Gasteiger partial charge is 0.243 e. The molecule has 1 aromatic carbocycles. The number of rotatable bonds is 3. The molecule has 1 aromatic rings. The Morgan fingerprint density at radius 1 is 1.48 bits per heavy atom. The van der Waals surface area contributed by atoms with Crippen LogP contribution >= 0.6 is 11.8 Å². The van der Waals surface area contributed by atoms with Crippen molar-refractivity contribution < 1.29 is 14.0 Å². The molecule has 2 aliphatic rings. The third-order valence-electron chi connectivity index (χ3n) is 4.13. The number of hydrogen-bond donors (Lipinski definition) is 1. The van der Waals surface area contributed by atoms with Gasteiger partial charge in [-0.1, -0.05) is 12.1 Å². The molecule has 0 spiro atoms. The number of benzene rings is 1. The summed E-state index contributed by atoms with van der Waals surface area (Å²) >= 11 is 1.67. The lowest BCUT2D eigenvalue weighted by Crippen LogP contribution is -2.49. The Hall–Kier alpha value is -1.56. The minimum atomic E-state index is -0.393. The van der Waals surface area contributed by atoms with Crippen molar-refractivity contribution in [3.05, 3.63) is 35.6 Å². The lowest BCUT2D eigenvalue weighted by molar-refractivity contribution is -0.138. The first-order chi connectivity index (χ1) is 9.99. The van der Waals surface area contributed by atoms with E-state index < -0.39 is 6.04 Å². The molecule has 21 heavy (non-hydrogen) atoms. The van der Waals surface area contributed by atoms with E-state index in [4.69, 9.17) is 0 Å². The van der Waals surface area contributed by atoms with Crippen LogP contribution in [0.3, 0.4) is 0 Å². The van der Waals surface area contributed by atoms with E-state index in [0.717, 1.165) is 12.0 Å². The molecule has 1 N–H and O–H groups in total. The van der Waals surface area contributed by atoms with Gasteiger partial charge < -0.3 is 10.2 Å². The molecule has 2 amide bonds. The highest BCUT2D eigenvalue weighted by Gasteiger charge is 2.52. The Morgan fingerprint density at radius 2 is 2.19 bits per heavy atom. The Labute approximate surface area is 127 Å². The quantitative estimate of drug-likeness (QED) is 0.928. The van der Waals surface area contributed by atoms with Crippen molar-refractivity contribution in [3.8, 4) is 0 Å². The molecule has 112 valence electrons. The number of fused-ring (bicyclic) bond motifs is 1. The Kier molecular flexibility index (Phi) is 3.65. The number of halogens is 1. The molecular formula is C15H17FN2O2S. The lowest BCUT2D eigenvalue weighted by atomic mass is 10.2. The molecule has 0 unspecified atom stereocenters. The predicted molar refractivity (Wildman–Crippen MR) is 79.0 cm³/mol. The third kappa shape index (κ3) is 2.64.